The van der Waals surface area contributed by atoms with Crippen molar-refractivity contribution in [2.75, 3.05) is 43.4 Å². The van der Waals surface area contributed by atoms with Crippen LogP contribution < -0.4 is 10.6 Å². The van der Waals surface area contributed by atoms with Gasteiger partial charge in [0, 0.05) is 25.7 Å². The van der Waals surface area contributed by atoms with Crippen molar-refractivity contribution in [1.29, 1.82) is 0 Å². The Morgan fingerprint density at radius 2 is 1.80 bits per heavy atom. The Kier molecular flexibility index (Phi) is 9.80. The molecule has 14 nitrogen and oxygen atoms in total. The van der Waals surface area contributed by atoms with Crippen molar-refractivity contribution in [2.24, 2.45) is 0 Å². The minimum atomic E-state index is -1.02. The van der Waals surface area contributed by atoms with Gasteiger partial charge in [-0.1, -0.05) is 48.8 Å². The smallest absolute Gasteiger partial charge is 0.293 e. The van der Waals surface area contributed by atoms with E-state index in [0.29, 0.717) is 66.8 Å². The molecule has 2 aliphatic heterocycles. The summed E-state index contributed by atoms with van der Waals surface area (Å²) in [6.45, 7) is 6.90. The lowest BCUT2D eigenvalue weighted by molar-refractivity contribution is -0.151. The predicted octanol–water partition coefficient (Wildman–Crippen LogP) is 3.28. The molecule has 0 amide bonds. The number of rotatable bonds is 15. The standard InChI is InChI=1S/C31H38N8O6/c1-2-22-17-23(45-37-22)25-26(42-19-40)27(43-20-41)30(44-25)39-18-34-24-28(32-12-11-21-9-5-3-6-10-21)35-31(36-29(24)39)33-13-16-38-14-7-4-8-15-38/h3,5-6,9-10,17-20,25-27,30H,2,4,7-8,11-16H2,1H3,(H2,32,33,35,36)/t25-,26+,27-,30-/m0/s1. The van der Waals surface area contributed by atoms with E-state index in [-0.39, 0.29) is 0 Å². The number of aryl methyl sites for hydroxylation is 1. The topological polar surface area (TPSA) is 159 Å². The molecule has 2 aliphatic rings. The number of imidazole rings is 1. The van der Waals surface area contributed by atoms with Crippen molar-refractivity contribution in [1.82, 2.24) is 29.6 Å². The van der Waals surface area contributed by atoms with Crippen LogP contribution in [0.15, 0.2) is 47.2 Å². The van der Waals surface area contributed by atoms with Crippen molar-refractivity contribution in [3.63, 3.8) is 0 Å². The number of piperidine rings is 1. The molecule has 4 atom stereocenters. The fraction of sp³-hybridized carbons (Fsp3) is 0.484. The lowest BCUT2D eigenvalue weighted by Crippen LogP contribution is -2.34. The average molecular weight is 619 g/mol. The molecule has 14 heteroatoms. The van der Waals surface area contributed by atoms with Crippen LogP contribution >= 0.6 is 0 Å². The zero-order chi connectivity index (χ0) is 31.0. The molecule has 2 N–H and O–H groups in total. The van der Waals surface area contributed by atoms with Crippen molar-refractivity contribution in [3.05, 3.63) is 59.7 Å². The third kappa shape index (κ3) is 6.91. The minimum absolute atomic E-state index is 0.301. The van der Waals surface area contributed by atoms with Gasteiger partial charge in [0.1, 0.15) is 0 Å². The summed E-state index contributed by atoms with van der Waals surface area (Å²) < 4.78 is 24.4. The summed E-state index contributed by atoms with van der Waals surface area (Å²) >= 11 is 0. The number of hydrogen-bond donors (Lipinski definition) is 2. The zero-order valence-electron chi connectivity index (χ0n) is 25.2. The molecule has 2 fully saturated rings. The number of fused-ring (bicyclic) bond motifs is 1. The lowest BCUT2D eigenvalue weighted by atomic mass is 10.1. The Bertz CT molecular complexity index is 1560. The van der Waals surface area contributed by atoms with E-state index in [2.05, 4.69) is 37.8 Å². The van der Waals surface area contributed by atoms with Crippen LogP contribution in [-0.2, 0) is 36.6 Å². The summed E-state index contributed by atoms with van der Waals surface area (Å²) in [6.07, 6.45) is 2.84. The highest BCUT2D eigenvalue weighted by Gasteiger charge is 2.51. The van der Waals surface area contributed by atoms with E-state index in [4.69, 9.17) is 28.7 Å². The van der Waals surface area contributed by atoms with Gasteiger partial charge in [-0.05, 0) is 44.3 Å². The number of ether oxygens (including phenoxy) is 3. The molecule has 5 heterocycles. The molecular weight excluding hydrogens is 580 g/mol. The molecule has 0 radical (unpaired) electrons. The lowest BCUT2D eigenvalue weighted by Gasteiger charge is -2.26. The molecule has 238 valence electrons. The summed E-state index contributed by atoms with van der Waals surface area (Å²) in [7, 11) is 0. The van der Waals surface area contributed by atoms with E-state index in [9.17, 15) is 9.59 Å². The van der Waals surface area contributed by atoms with Crippen LogP contribution in [0.3, 0.4) is 0 Å². The number of likely N-dealkylation sites (tertiary alicyclic amines) is 1. The summed E-state index contributed by atoms with van der Waals surface area (Å²) in [5.41, 5.74) is 2.87. The van der Waals surface area contributed by atoms with E-state index in [1.165, 1.54) is 24.8 Å². The first-order chi connectivity index (χ1) is 22.2. The van der Waals surface area contributed by atoms with Gasteiger partial charge in [0.05, 0.1) is 12.0 Å². The highest BCUT2D eigenvalue weighted by Crippen LogP contribution is 2.43. The molecule has 0 unspecified atom stereocenters. The molecule has 45 heavy (non-hydrogen) atoms. The third-order valence-electron chi connectivity index (χ3n) is 8.24. The highest BCUT2D eigenvalue weighted by atomic mass is 16.6. The molecular formula is C31H38N8O6. The van der Waals surface area contributed by atoms with Gasteiger partial charge in [-0.2, -0.15) is 9.97 Å². The molecule has 0 aliphatic carbocycles. The van der Waals surface area contributed by atoms with Crippen LogP contribution in [0.4, 0.5) is 11.8 Å². The van der Waals surface area contributed by atoms with Crippen molar-refractivity contribution < 1.29 is 28.3 Å². The first kappa shape index (κ1) is 30.5. The summed E-state index contributed by atoms with van der Waals surface area (Å²) in [6, 6.07) is 11.9. The van der Waals surface area contributed by atoms with Crippen LogP contribution in [0.25, 0.3) is 11.2 Å². The van der Waals surface area contributed by atoms with Gasteiger partial charge in [-0.25, -0.2) is 4.98 Å². The second-order valence-corrected chi connectivity index (χ2v) is 11.1. The Labute approximate surface area is 260 Å². The van der Waals surface area contributed by atoms with Gasteiger partial charge < -0.3 is 34.3 Å². The molecule has 6 rings (SSSR count). The van der Waals surface area contributed by atoms with E-state index in [0.717, 1.165) is 26.1 Å². The first-order valence-electron chi connectivity index (χ1n) is 15.5. The average Bonchev–Trinajstić information content (AvgIpc) is 3.80. The third-order valence-corrected chi connectivity index (χ3v) is 8.24. The van der Waals surface area contributed by atoms with Crippen LogP contribution in [0.2, 0.25) is 0 Å². The molecule has 3 aromatic heterocycles. The maximum absolute atomic E-state index is 11.6. The van der Waals surface area contributed by atoms with Crippen molar-refractivity contribution in [3.8, 4) is 0 Å². The van der Waals surface area contributed by atoms with E-state index >= 15 is 0 Å². The van der Waals surface area contributed by atoms with E-state index in [1.807, 2.05) is 25.1 Å². The fourth-order valence-electron chi connectivity index (χ4n) is 5.93. The Morgan fingerprint density at radius 1 is 1.00 bits per heavy atom. The Balaban J connectivity index is 1.31. The van der Waals surface area contributed by atoms with Crippen molar-refractivity contribution in [2.45, 2.75) is 63.6 Å². The SMILES string of the molecule is CCc1cc([C@@H]2O[C@H](n3cnc4c(NCCc5ccccc5)nc(NCCN5CCCCC5)nc43)[C@@H](OC=O)[C@@H]2OC=O)on1. The first-order valence-corrected chi connectivity index (χ1v) is 15.5. The van der Waals surface area contributed by atoms with Crippen LogP contribution in [0.1, 0.15) is 55.5 Å². The Morgan fingerprint density at radius 3 is 2.56 bits per heavy atom. The predicted molar refractivity (Wildman–Crippen MR) is 163 cm³/mol. The Hall–Kier alpha value is -4.56. The number of benzene rings is 1. The monoisotopic (exact) mass is 618 g/mol. The summed E-state index contributed by atoms with van der Waals surface area (Å²) in [4.78, 5) is 39.8. The number of carbonyl (C=O) groups excluding carboxylic acids is 2. The van der Waals surface area contributed by atoms with Gasteiger partial charge in [0.2, 0.25) is 5.95 Å². The molecule has 0 spiro atoms. The van der Waals surface area contributed by atoms with Gasteiger partial charge in [-0.3, -0.25) is 14.2 Å². The maximum atomic E-state index is 11.6. The number of carbonyl (C=O) groups is 2. The maximum Gasteiger partial charge on any atom is 0.293 e. The number of anilines is 2. The molecule has 1 aromatic carbocycles. The van der Waals surface area contributed by atoms with E-state index < -0.39 is 24.5 Å². The van der Waals surface area contributed by atoms with E-state index in [1.54, 1.807) is 17.0 Å². The van der Waals surface area contributed by atoms with Gasteiger partial charge in [0.25, 0.3) is 12.9 Å². The van der Waals surface area contributed by atoms with Crippen LogP contribution in [0, 0.1) is 0 Å². The normalized spacial score (nSPS) is 21.9. The molecule has 2 saturated heterocycles. The largest absolute Gasteiger partial charge is 0.457 e. The second kappa shape index (κ2) is 14.5. The number of aromatic nitrogens is 5. The summed E-state index contributed by atoms with van der Waals surface area (Å²) in [5.74, 6) is 1.33. The van der Waals surface area contributed by atoms with Crippen LogP contribution in [-0.4, -0.2) is 87.5 Å². The van der Waals surface area contributed by atoms with Gasteiger partial charge >= 0.3 is 0 Å². The zero-order valence-corrected chi connectivity index (χ0v) is 25.2. The minimum Gasteiger partial charge on any atom is -0.457 e. The quantitative estimate of drug-likeness (QED) is 0.187. The van der Waals surface area contributed by atoms with Crippen LogP contribution in [0.5, 0.6) is 0 Å². The van der Waals surface area contributed by atoms with Gasteiger partial charge in [-0.15, -0.1) is 0 Å². The molecule has 0 saturated carbocycles. The number of nitrogens with one attached hydrogen (secondary N) is 2. The second-order valence-electron chi connectivity index (χ2n) is 11.1. The van der Waals surface area contributed by atoms with Crippen molar-refractivity contribution >= 4 is 35.9 Å². The highest BCUT2D eigenvalue weighted by molar-refractivity contribution is 5.84. The fourth-order valence-corrected chi connectivity index (χ4v) is 5.93. The van der Waals surface area contributed by atoms with Gasteiger partial charge in [0.15, 0.2) is 47.3 Å². The molecule has 4 aromatic rings. The number of hydrogen-bond acceptors (Lipinski definition) is 13. The number of nitrogens with zero attached hydrogens (tertiary/aromatic N) is 6. The molecule has 0 bridgehead atoms. The summed E-state index contributed by atoms with van der Waals surface area (Å²) in [5, 5.41) is 10.9.